The summed E-state index contributed by atoms with van der Waals surface area (Å²) in [7, 11) is -2.37. The van der Waals surface area contributed by atoms with E-state index in [0.29, 0.717) is 5.56 Å². The molecule has 0 saturated heterocycles. The number of rotatable bonds is 9. The highest BCUT2D eigenvalue weighted by Crippen LogP contribution is 2.61. The first-order valence-corrected chi connectivity index (χ1v) is 14.3. The lowest BCUT2D eigenvalue weighted by molar-refractivity contribution is 0.0968. The molecule has 0 aliphatic rings. The van der Waals surface area contributed by atoms with Gasteiger partial charge < -0.3 is 0 Å². The van der Waals surface area contributed by atoms with E-state index in [1.54, 1.807) is 11.8 Å². The highest BCUT2D eigenvalue weighted by molar-refractivity contribution is 8.04. The first-order chi connectivity index (χ1) is 16.8. The summed E-state index contributed by atoms with van der Waals surface area (Å²) in [6, 6.07) is 41.3. The summed E-state index contributed by atoms with van der Waals surface area (Å²) in [4.78, 5) is 13.5. The molecule has 4 heteroatoms. The summed E-state index contributed by atoms with van der Waals surface area (Å²) in [6.07, 6.45) is 1.06. The Kier molecular flexibility index (Phi) is 8.36. The number of carbonyl (C=O) groups is 1. The highest BCUT2D eigenvalue weighted by atomic mass is 32.2. The van der Waals surface area contributed by atoms with E-state index in [1.807, 2.05) is 48.5 Å². The zero-order valence-electron chi connectivity index (χ0n) is 19.3. The maximum atomic E-state index is 13.5. The first kappa shape index (κ1) is 24.0. The number of hydrogen-bond donors (Lipinski definition) is 1. The van der Waals surface area contributed by atoms with Crippen molar-refractivity contribution in [1.82, 2.24) is 5.32 Å². The number of carbonyl (C=O) groups excluding carboxylic acids is 1. The Morgan fingerprint density at radius 3 is 1.53 bits per heavy atom. The van der Waals surface area contributed by atoms with Gasteiger partial charge in [0.15, 0.2) is 12.7 Å². The van der Waals surface area contributed by atoms with E-state index in [4.69, 9.17) is 0 Å². The van der Waals surface area contributed by atoms with Crippen molar-refractivity contribution in [1.29, 1.82) is 0 Å². The predicted octanol–water partition coefficient (Wildman–Crippen LogP) is 6.35. The topological polar surface area (TPSA) is 29.1 Å². The van der Waals surface area contributed by atoms with Crippen molar-refractivity contribution in [3.63, 3.8) is 0 Å². The minimum atomic E-state index is -2.37. The van der Waals surface area contributed by atoms with Gasteiger partial charge in [0.1, 0.15) is 15.9 Å². The van der Waals surface area contributed by atoms with Crippen molar-refractivity contribution in [2.24, 2.45) is 0 Å². The number of thioether (sulfide) groups is 1. The van der Waals surface area contributed by atoms with Gasteiger partial charge in [0.05, 0.1) is 0 Å². The summed E-state index contributed by atoms with van der Waals surface area (Å²) < 4.78 is 0. The first-order valence-electron chi connectivity index (χ1n) is 11.5. The van der Waals surface area contributed by atoms with Crippen LogP contribution >= 0.6 is 19.0 Å². The largest absolute Gasteiger partial charge is 0.292 e. The van der Waals surface area contributed by atoms with Gasteiger partial charge in [-0.05, 0) is 60.7 Å². The molecule has 1 amide bonds. The molecule has 2 nitrogen and oxygen atoms in total. The third-order valence-electron chi connectivity index (χ3n) is 5.59. The maximum Gasteiger partial charge on any atom is 0.258 e. The molecule has 0 radical (unpaired) electrons. The van der Waals surface area contributed by atoms with Crippen LogP contribution in [-0.2, 0) is 0 Å². The minimum absolute atomic E-state index is 0.0869. The molecule has 0 bridgehead atoms. The van der Waals surface area contributed by atoms with Crippen LogP contribution in [0.1, 0.15) is 23.7 Å². The van der Waals surface area contributed by atoms with Gasteiger partial charge in [-0.3, -0.25) is 10.1 Å². The molecule has 0 heterocycles. The fraction of sp³-hybridized carbons (Fsp3) is 0.100. The normalized spacial score (nSPS) is 11.7. The average Bonchev–Trinajstić information content (AvgIpc) is 2.91. The molecule has 0 aliphatic carbocycles. The van der Waals surface area contributed by atoms with Gasteiger partial charge >= 0.3 is 0 Å². The van der Waals surface area contributed by atoms with Crippen LogP contribution < -0.4 is 21.2 Å². The SMILES string of the molecule is CCCSC=C(NC(=O)c1ccccc1)[P+](c1ccccc1)(c1ccccc1)c1ccccc1. The Balaban J connectivity index is 1.98. The lowest BCUT2D eigenvalue weighted by Gasteiger charge is -2.29. The highest BCUT2D eigenvalue weighted by Gasteiger charge is 2.50. The van der Waals surface area contributed by atoms with Crippen LogP contribution in [0.4, 0.5) is 0 Å². The van der Waals surface area contributed by atoms with Gasteiger partial charge in [-0.25, -0.2) is 0 Å². The zero-order valence-corrected chi connectivity index (χ0v) is 21.0. The van der Waals surface area contributed by atoms with Crippen molar-refractivity contribution in [3.05, 3.63) is 138 Å². The van der Waals surface area contributed by atoms with Crippen LogP contribution in [0.5, 0.6) is 0 Å². The lowest BCUT2D eigenvalue weighted by atomic mass is 10.2. The zero-order chi connectivity index (χ0) is 23.6. The van der Waals surface area contributed by atoms with E-state index < -0.39 is 7.26 Å². The minimum Gasteiger partial charge on any atom is -0.292 e. The van der Waals surface area contributed by atoms with Gasteiger partial charge in [-0.2, -0.15) is 0 Å². The van der Waals surface area contributed by atoms with Crippen molar-refractivity contribution < 1.29 is 4.79 Å². The third-order valence-corrected chi connectivity index (χ3v) is 11.0. The van der Waals surface area contributed by atoms with E-state index in [9.17, 15) is 4.79 Å². The van der Waals surface area contributed by atoms with E-state index in [2.05, 4.69) is 90.4 Å². The molecule has 0 aromatic heterocycles. The van der Waals surface area contributed by atoms with Crippen molar-refractivity contribution in [2.75, 3.05) is 5.75 Å². The van der Waals surface area contributed by atoms with Crippen LogP contribution in [0.2, 0.25) is 0 Å². The molecule has 4 aromatic carbocycles. The molecule has 0 fully saturated rings. The van der Waals surface area contributed by atoms with Gasteiger partial charge in [-0.15, -0.1) is 11.8 Å². The van der Waals surface area contributed by atoms with Crippen LogP contribution in [0, 0.1) is 0 Å². The summed E-state index contributed by atoms with van der Waals surface area (Å²) in [5, 5.41) is 9.20. The van der Waals surface area contributed by atoms with Gasteiger partial charge in [-0.1, -0.05) is 79.7 Å². The standard InChI is InChI=1S/C30H28NOPS/c1-2-23-34-24-29(31-30(32)25-15-7-3-8-16-25)33(26-17-9-4-10-18-26,27-19-11-5-12-20-27)28-21-13-6-14-22-28/h3-22,24H,2,23H2,1H3/p+1. The molecular weight excluding hydrogens is 453 g/mol. The Morgan fingerprint density at radius 2 is 1.12 bits per heavy atom. The average molecular weight is 483 g/mol. The van der Waals surface area contributed by atoms with Crippen molar-refractivity contribution in [3.8, 4) is 0 Å². The van der Waals surface area contributed by atoms with Crippen molar-refractivity contribution in [2.45, 2.75) is 13.3 Å². The van der Waals surface area contributed by atoms with Gasteiger partial charge in [0, 0.05) is 11.0 Å². The molecule has 0 unspecified atom stereocenters. The fourth-order valence-corrected chi connectivity index (χ4v) is 9.33. The van der Waals surface area contributed by atoms with Gasteiger partial charge in [0.2, 0.25) is 0 Å². The second-order valence-electron chi connectivity index (χ2n) is 7.87. The van der Waals surface area contributed by atoms with E-state index in [0.717, 1.165) is 17.6 Å². The fourth-order valence-electron chi connectivity index (χ4n) is 4.05. The molecule has 170 valence electrons. The molecule has 0 saturated carbocycles. The number of amides is 1. The Morgan fingerprint density at radius 1 is 0.706 bits per heavy atom. The molecule has 1 N–H and O–H groups in total. The Hall–Kier alpha value is -3.13. The third kappa shape index (κ3) is 5.17. The van der Waals surface area contributed by atoms with E-state index >= 15 is 0 Å². The van der Waals surface area contributed by atoms with Crippen LogP contribution in [-0.4, -0.2) is 11.7 Å². The van der Waals surface area contributed by atoms with Crippen LogP contribution in [0.25, 0.3) is 0 Å². The summed E-state index contributed by atoms with van der Waals surface area (Å²) in [5.74, 6) is 0.902. The maximum absolute atomic E-state index is 13.5. The van der Waals surface area contributed by atoms with E-state index in [-0.39, 0.29) is 5.91 Å². The molecule has 4 aromatic rings. The second kappa shape index (κ2) is 11.8. The Bertz CT molecular complexity index is 1120. The number of nitrogens with one attached hydrogen (secondary N) is 1. The van der Waals surface area contributed by atoms with Crippen LogP contribution in [0.15, 0.2) is 132 Å². The quantitative estimate of drug-likeness (QED) is 0.222. The molecule has 0 aliphatic heterocycles. The Labute approximate surface area is 207 Å². The number of hydrogen-bond acceptors (Lipinski definition) is 2. The smallest absolute Gasteiger partial charge is 0.258 e. The van der Waals surface area contributed by atoms with Gasteiger partial charge in [0.25, 0.3) is 5.91 Å². The number of benzene rings is 4. The second-order valence-corrected chi connectivity index (χ2v) is 12.2. The molecular formula is C30H29NOPS+. The predicted molar refractivity (Wildman–Crippen MR) is 150 cm³/mol. The van der Waals surface area contributed by atoms with E-state index in [1.165, 1.54) is 15.9 Å². The van der Waals surface area contributed by atoms with Crippen molar-refractivity contribution >= 4 is 40.8 Å². The molecule has 0 spiro atoms. The molecule has 0 atom stereocenters. The lowest BCUT2D eigenvalue weighted by Crippen LogP contribution is -2.38. The summed E-state index contributed by atoms with van der Waals surface area (Å²) in [6.45, 7) is 2.18. The van der Waals surface area contributed by atoms with Crippen LogP contribution in [0.3, 0.4) is 0 Å². The molecule has 4 rings (SSSR count). The molecule has 34 heavy (non-hydrogen) atoms. The summed E-state index contributed by atoms with van der Waals surface area (Å²) in [5.41, 5.74) is 1.62. The monoisotopic (exact) mass is 482 g/mol. The summed E-state index contributed by atoms with van der Waals surface area (Å²) >= 11 is 1.76.